The third kappa shape index (κ3) is 7.67. The molecule has 0 radical (unpaired) electrons. The lowest BCUT2D eigenvalue weighted by Gasteiger charge is -2.13. The molecule has 1 N–H and O–H groups in total. The van der Waals surface area contributed by atoms with Crippen molar-refractivity contribution in [3.8, 4) is 17.2 Å². The normalized spacial score (nSPS) is 10.8. The number of rotatable bonds is 11. The number of hydrogen-bond donors (Lipinski definition) is 1. The molecule has 0 aliphatic heterocycles. The smallest absolute Gasteiger partial charge is 0.271 e. The number of halogens is 1. The third-order valence-corrected chi connectivity index (χ3v) is 5.32. The minimum Gasteiger partial charge on any atom is -0.490 e. The summed E-state index contributed by atoms with van der Waals surface area (Å²) in [6.07, 6.45) is 1.54. The molecular weight excluding hydrogens is 471 g/mol. The van der Waals surface area contributed by atoms with Gasteiger partial charge in [0, 0.05) is 5.56 Å². The first kappa shape index (κ1) is 25.4. The van der Waals surface area contributed by atoms with Gasteiger partial charge in [-0.3, -0.25) is 4.79 Å². The van der Waals surface area contributed by atoms with Gasteiger partial charge in [0.15, 0.2) is 11.5 Å². The number of nitrogens with zero attached hydrogens (tertiary/aromatic N) is 1. The van der Waals surface area contributed by atoms with Crippen LogP contribution in [0.4, 0.5) is 4.39 Å². The number of hydrazone groups is 1. The molecular formula is C30H27FN2O4. The molecule has 0 unspecified atom stereocenters. The topological polar surface area (TPSA) is 69.2 Å². The highest BCUT2D eigenvalue weighted by Crippen LogP contribution is 2.29. The minimum atomic E-state index is -0.369. The molecule has 0 aliphatic carbocycles. The van der Waals surface area contributed by atoms with Gasteiger partial charge in [-0.1, -0.05) is 42.5 Å². The van der Waals surface area contributed by atoms with Gasteiger partial charge in [-0.2, -0.15) is 5.10 Å². The number of carbonyl (C=O) groups excluding carboxylic acids is 1. The molecule has 4 aromatic rings. The zero-order valence-electron chi connectivity index (χ0n) is 20.4. The van der Waals surface area contributed by atoms with Crippen LogP contribution in [0.15, 0.2) is 102 Å². The van der Waals surface area contributed by atoms with Crippen LogP contribution in [0.3, 0.4) is 0 Å². The van der Waals surface area contributed by atoms with Crippen molar-refractivity contribution in [2.24, 2.45) is 5.10 Å². The lowest BCUT2D eigenvalue weighted by molar-refractivity contribution is 0.0954. The Labute approximate surface area is 215 Å². The van der Waals surface area contributed by atoms with Gasteiger partial charge >= 0.3 is 0 Å². The second-order valence-corrected chi connectivity index (χ2v) is 8.05. The summed E-state index contributed by atoms with van der Waals surface area (Å²) in [5.74, 6) is 1.08. The summed E-state index contributed by atoms with van der Waals surface area (Å²) in [7, 11) is 0. The Bertz CT molecular complexity index is 1320. The molecule has 0 saturated heterocycles. The van der Waals surface area contributed by atoms with E-state index in [0.717, 1.165) is 16.7 Å². The van der Waals surface area contributed by atoms with E-state index in [1.165, 1.54) is 12.1 Å². The standard InChI is InChI=1S/C30H27FN2O4/c1-2-35-29-18-25(12-17-28(29)37-21-23-6-4-3-5-7-23)30(34)33-32-19-22-10-15-27(16-11-22)36-20-24-8-13-26(31)14-9-24/h3-19H,2,20-21H2,1H3,(H,33,34)/b32-19+. The number of benzene rings is 4. The van der Waals surface area contributed by atoms with Crippen LogP contribution in [0.25, 0.3) is 0 Å². The molecule has 0 aliphatic rings. The second-order valence-electron chi connectivity index (χ2n) is 8.05. The zero-order chi connectivity index (χ0) is 25.9. The van der Waals surface area contributed by atoms with Crippen molar-refractivity contribution in [2.75, 3.05) is 6.61 Å². The fraction of sp³-hybridized carbons (Fsp3) is 0.133. The molecule has 7 heteroatoms. The molecule has 37 heavy (non-hydrogen) atoms. The van der Waals surface area contributed by atoms with Crippen LogP contribution < -0.4 is 19.6 Å². The first-order chi connectivity index (χ1) is 18.1. The van der Waals surface area contributed by atoms with Gasteiger partial charge < -0.3 is 14.2 Å². The van der Waals surface area contributed by atoms with Gasteiger partial charge in [0.25, 0.3) is 5.91 Å². The molecule has 4 rings (SSSR count). The molecule has 1 amide bonds. The van der Waals surface area contributed by atoms with Crippen molar-refractivity contribution in [3.05, 3.63) is 125 Å². The largest absolute Gasteiger partial charge is 0.490 e. The molecule has 6 nitrogen and oxygen atoms in total. The van der Waals surface area contributed by atoms with Gasteiger partial charge in [0.2, 0.25) is 0 Å². The predicted molar refractivity (Wildman–Crippen MR) is 141 cm³/mol. The monoisotopic (exact) mass is 498 g/mol. The second kappa shape index (κ2) is 12.9. The van der Waals surface area contributed by atoms with Crippen molar-refractivity contribution < 1.29 is 23.4 Å². The Morgan fingerprint density at radius 1 is 0.811 bits per heavy atom. The summed E-state index contributed by atoms with van der Waals surface area (Å²) in [6, 6.07) is 28.3. The van der Waals surface area contributed by atoms with E-state index >= 15 is 0 Å². The van der Waals surface area contributed by atoms with Gasteiger partial charge in [-0.05, 0) is 78.2 Å². The number of amides is 1. The summed E-state index contributed by atoms with van der Waals surface area (Å²) < 4.78 is 30.3. The Balaban J connectivity index is 1.31. The average Bonchev–Trinajstić information content (AvgIpc) is 2.93. The van der Waals surface area contributed by atoms with Crippen LogP contribution in [0.1, 0.15) is 34.0 Å². The maximum absolute atomic E-state index is 13.0. The highest BCUT2D eigenvalue weighted by Gasteiger charge is 2.12. The SMILES string of the molecule is CCOc1cc(C(=O)N/N=C/c2ccc(OCc3ccc(F)cc3)cc2)ccc1OCc1ccccc1. The average molecular weight is 499 g/mol. The number of ether oxygens (including phenoxy) is 3. The molecule has 188 valence electrons. The minimum absolute atomic E-state index is 0.279. The van der Waals surface area contributed by atoms with Crippen LogP contribution in [0.5, 0.6) is 17.2 Å². The van der Waals surface area contributed by atoms with E-state index in [0.29, 0.717) is 42.6 Å². The highest BCUT2D eigenvalue weighted by atomic mass is 19.1. The first-order valence-corrected chi connectivity index (χ1v) is 11.8. The highest BCUT2D eigenvalue weighted by molar-refractivity contribution is 5.95. The molecule has 4 aromatic carbocycles. The number of hydrogen-bond acceptors (Lipinski definition) is 5. The summed E-state index contributed by atoms with van der Waals surface area (Å²) in [5.41, 5.74) is 5.63. The fourth-order valence-corrected chi connectivity index (χ4v) is 3.40. The molecule has 0 bridgehead atoms. The van der Waals surface area contributed by atoms with Crippen molar-refractivity contribution in [1.29, 1.82) is 0 Å². The molecule has 0 fully saturated rings. The van der Waals surface area contributed by atoms with E-state index in [4.69, 9.17) is 14.2 Å². The number of nitrogens with one attached hydrogen (secondary N) is 1. The van der Waals surface area contributed by atoms with Gasteiger partial charge in [-0.15, -0.1) is 0 Å². The maximum Gasteiger partial charge on any atom is 0.271 e. The van der Waals surface area contributed by atoms with E-state index in [1.54, 1.807) is 48.7 Å². The number of carbonyl (C=O) groups is 1. The van der Waals surface area contributed by atoms with Crippen LogP contribution in [0, 0.1) is 5.82 Å². The summed E-state index contributed by atoms with van der Waals surface area (Å²) >= 11 is 0. The lowest BCUT2D eigenvalue weighted by atomic mass is 10.2. The van der Waals surface area contributed by atoms with Crippen LogP contribution in [0.2, 0.25) is 0 Å². The van der Waals surface area contributed by atoms with Crippen molar-refractivity contribution in [3.63, 3.8) is 0 Å². The maximum atomic E-state index is 13.0. The predicted octanol–water partition coefficient (Wildman–Crippen LogP) is 6.15. The van der Waals surface area contributed by atoms with E-state index in [1.807, 2.05) is 49.4 Å². The molecule has 0 heterocycles. The Morgan fingerprint density at radius 2 is 1.51 bits per heavy atom. The first-order valence-electron chi connectivity index (χ1n) is 11.8. The van der Waals surface area contributed by atoms with Crippen LogP contribution >= 0.6 is 0 Å². The lowest BCUT2D eigenvalue weighted by Crippen LogP contribution is -2.17. The Morgan fingerprint density at radius 3 is 2.24 bits per heavy atom. The van der Waals surface area contributed by atoms with E-state index in [9.17, 15) is 9.18 Å². The fourth-order valence-electron chi connectivity index (χ4n) is 3.40. The quantitative estimate of drug-likeness (QED) is 0.199. The molecule has 0 saturated carbocycles. The third-order valence-electron chi connectivity index (χ3n) is 5.32. The van der Waals surface area contributed by atoms with Crippen molar-refractivity contribution in [1.82, 2.24) is 5.43 Å². The summed E-state index contributed by atoms with van der Waals surface area (Å²) in [4.78, 5) is 12.6. The zero-order valence-corrected chi connectivity index (χ0v) is 20.4. The molecule has 0 atom stereocenters. The Kier molecular flexibility index (Phi) is 8.86. The van der Waals surface area contributed by atoms with Gasteiger partial charge in [-0.25, -0.2) is 9.82 Å². The van der Waals surface area contributed by atoms with E-state index in [2.05, 4.69) is 10.5 Å². The van der Waals surface area contributed by atoms with Gasteiger partial charge in [0.05, 0.1) is 12.8 Å². The Hall–Kier alpha value is -4.65. The van der Waals surface area contributed by atoms with Crippen molar-refractivity contribution in [2.45, 2.75) is 20.1 Å². The molecule has 0 aromatic heterocycles. The van der Waals surface area contributed by atoms with E-state index < -0.39 is 0 Å². The van der Waals surface area contributed by atoms with Crippen molar-refractivity contribution >= 4 is 12.1 Å². The van der Waals surface area contributed by atoms with Crippen LogP contribution in [-0.2, 0) is 13.2 Å². The molecule has 0 spiro atoms. The summed E-state index contributed by atoms with van der Waals surface area (Å²) in [5, 5.41) is 4.05. The van der Waals surface area contributed by atoms with E-state index in [-0.39, 0.29) is 11.7 Å². The summed E-state index contributed by atoms with van der Waals surface area (Å²) in [6.45, 7) is 3.04. The van der Waals surface area contributed by atoms with Gasteiger partial charge in [0.1, 0.15) is 24.8 Å². The van der Waals surface area contributed by atoms with Crippen LogP contribution in [-0.4, -0.2) is 18.7 Å².